The lowest BCUT2D eigenvalue weighted by atomic mass is 10.1. The van der Waals surface area contributed by atoms with Gasteiger partial charge in [-0.25, -0.2) is 4.98 Å². The summed E-state index contributed by atoms with van der Waals surface area (Å²) in [5.74, 6) is 0.215. The number of amides is 1. The minimum absolute atomic E-state index is 0.0487. The van der Waals surface area contributed by atoms with Gasteiger partial charge < -0.3 is 4.74 Å². The highest BCUT2D eigenvalue weighted by Gasteiger charge is 2.13. The number of nitrogens with one attached hydrogen (secondary N) is 1. The van der Waals surface area contributed by atoms with Gasteiger partial charge in [0.25, 0.3) is 11.6 Å². The smallest absolute Gasteiger partial charge is 0.269 e. The van der Waals surface area contributed by atoms with E-state index in [1.807, 2.05) is 13.0 Å². The molecule has 0 aliphatic heterocycles. The van der Waals surface area contributed by atoms with E-state index in [0.717, 1.165) is 16.1 Å². The van der Waals surface area contributed by atoms with E-state index in [1.165, 1.54) is 23.5 Å². The molecule has 1 N–H and O–H groups in total. The number of aromatic nitrogens is 1. The topological polar surface area (TPSA) is 94.4 Å². The summed E-state index contributed by atoms with van der Waals surface area (Å²) in [4.78, 5) is 27.8. The highest BCUT2D eigenvalue weighted by atomic mass is 35.5. The molecule has 28 heavy (non-hydrogen) atoms. The summed E-state index contributed by atoms with van der Waals surface area (Å²) in [6.45, 7) is 1.68. The second-order valence-corrected chi connectivity index (χ2v) is 7.44. The fourth-order valence-corrected chi connectivity index (χ4v) is 3.58. The molecular formula is C19H16ClN3O4S. The minimum Gasteiger partial charge on any atom is -0.484 e. The third-order valence-corrected chi connectivity index (χ3v) is 5.13. The Morgan fingerprint density at radius 1 is 1.29 bits per heavy atom. The maximum atomic E-state index is 12.1. The molecule has 3 rings (SSSR count). The molecule has 0 saturated carbocycles. The number of thiazole rings is 1. The van der Waals surface area contributed by atoms with Crippen molar-refractivity contribution in [3.05, 3.63) is 79.8 Å². The van der Waals surface area contributed by atoms with Crippen molar-refractivity contribution in [3.8, 4) is 5.75 Å². The third kappa shape index (κ3) is 5.28. The standard InChI is InChI=1S/C19H16ClN3O4S/c1-12-17(10-13-3-2-4-15(9-13)23(25)26)28-19(21-12)22-18(24)11-27-16-7-5-14(20)6-8-16/h2-9H,10-11H2,1H3,(H,21,22,24). The van der Waals surface area contributed by atoms with E-state index >= 15 is 0 Å². The molecule has 0 spiro atoms. The number of anilines is 1. The Morgan fingerprint density at radius 3 is 2.75 bits per heavy atom. The second-order valence-electron chi connectivity index (χ2n) is 5.92. The molecule has 1 aromatic heterocycles. The normalized spacial score (nSPS) is 10.5. The van der Waals surface area contributed by atoms with Crippen LogP contribution < -0.4 is 10.1 Å². The van der Waals surface area contributed by atoms with Crippen molar-refractivity contribution >= 4 is 39.7 Å². The monoisotopic (exact) mass is 417 g/mol. The lowest BCUT2D eigenvalue weighted by molar-refractivity contribution is -0.384. The molecule has 1 amide bonds. The van der Waals surface area contributed by atoms with Crippen LogP contribution in [-0.2, 0) is 11.2 Å². The predicted octanol–water partition coefficient (Wildman–Crippen LogP) is 4.62. The van der Waals surface area contributed by atoms with Crippen molar-refractivity contribution in [3.63, 3.8) is 0 Å². The van der Waals surface area contributed by atoms with Crippen LogP contribution >= 0.6 is 22.9 Å². The molecular weight excluding hydrogens is 402 g/mol. The summed E-state index contributed by atoms with van der Waals surface area (Å²) in [6, 6.07) is 13.2. The Bertz CT molecular complexity index is 1000. The minimum atomic E-state index is -0.421. The Balaban J connectivity index is 1.60. The molecule has 0 radical (unpaired) electrons. The van der Waals surface area contributed by atoms with Crippen molar-refractivity contribution in [1.29, 1.82) is 0 Å². The Kier molecular flexibility index (Phi) is 6.23. The number of carbonyl (C=O) groups is 1. The third-order valence-electron chi connectivity index (χ3n) is 3.81. The van der Waals surface area contributed by atoms with Crippen LogP contribution in [0.25, 0.3) is 0 Å². The number of hydrogen-bond donors (Lipinski definition) is 1. The molecule has 9 heteroatoms. The highest BCUT2D eigenvalue weighted by Crippen LogP contribution is 2.26. The number of carbonyl (C=O) groups excluding carboxylic acids is 1. The van der Waals surface area contributed by atoms with Crippen LogP contribution in [0.2, 0.25) is 5.02 Å². The van der Waals surface area contributed by atoms with E-state index in [1.54, 1.807) is 30.3 Å². The Hall–Kier alpha value is -2.97. The van der Waals surface area contributed by atoms with Crippen molar-refractivity contribution in [2.75, 3.05) is 11.9 Å². The quantitative estimate of drug-likeness (QED) is 0.447. The molecule has 144 valence electrons. The maximum absolute atomic E-state index is 12.1. The van der Waals surface area contributed by atoms with Gasteiger partial charge in [-0.1, -0.05) is 23.7 Å². The summed E-state index contributed by atoms with van der Waals surface area (Å²) in [6.07, 6.45) is 0.502. The van der Waals surface area contributed by atoms with Crippen molar-refractivity contribution in [2.24, 2.45) is 0 Å². The van der Waals surface area contributed by atoms with Gasteiger partial charge in [0.15, 0.2) is 11.7 Å². The van der Waals surface area contributed by atoms with Crippen LogP contribution in [-0.4, -0.2) is 22.4 Å². The first-order valence-electron chi connectivity index (χ1n) is 8.28. The van der Waals surface area contributed by atoms with Gasteiger partial charge in [-0.15, -0.1) is 11.3 Å². The van der Waals surface area contributed by atoms with Crippen molar-refractivity contribution in [2.45, 2.75) is 13.3 Å². The van der Waals surface area contributed by atoms with E-state index in [-0.39, 0.29) is 18.2 Å². The van der Waals surface area contributed by atoms with Gasteiger partial charge in [0.2, 0.25) is 0 Å². The summed E-state index contributed by atoms with van der Waals surface area (Å²) < 4.78 is 5.41. The number of non-ortho nitro benzene ring substituents is 1. The number of hydrogen-bond acceptors (Lipinski definition) is 6. The molecule has 0 aliphatic carbocycles. The first-order chi connectivity index (χ1) is 13.4. The largest absolute Gasteiger partial charge is 0.484 e. The summed E-state index contributed by atoms with van der Waals surface area (Å²) in [5.41, 5.74) is 1.63. The number of benzene rings is 2. The van der Waals surface area contributed by atoms with Crippen LogP contribution in [0, 0.1) is 17.0 Å². The van der Waals surface area contributed by atoms with Crippen LogP contribution in [0.4, 0.5) is 10.8 Å². The fraction of sp³-hybridized carbons (Fsp3) is 0.158. The molecule has 0 saturated heterocycles. The number of rotatable bonds is 7. The number of ether oxygens (including phenoxy) is 1. The average Bonchev–Trinajstić information content (AvgIpc) is 3.00. The number of nitro benzene ring substituents is 1. The zero-order valence-electron chi connectivity index (χ0n) is 14.8. The Labute approximate surface area is 170 Å². The van der Waals surface area contributed by atoms with Crippen LogP contribution in [0.1, 0.15) is 16.1 Å². The number of nitrogens with zero attached hydrogens (tertiary/aromatic N) is 2. The fourth-order valence-electron chi connectivity index (χ4n) is 2.45. The predicted molar refractivity (Wildman–Crippen MR) is 108 cm³/mol. The van der Waals surface area contributed by atoms with Crippen LogP contribution in [0.3, 0.4) is 0 Å². The van der Waals surface area contributed by atoms with E-state index in [9.17, 15) is 14.9 Å². The average molecular weight is 418 g/mol. The molecule has 0 fully saturated rings. The van der Waals surface area contributed by atoms with Gasteiger partial charge >= 0.3 is 0 Å². The lowest BCUT2D eigenvalue weighted by Gasteiger charge is -2.05. The molecule has 0 atom stereocenters. The van der Waals surface area contributed by atoms with Gasteiger partial charge in [-0.05, 0) is 36.8 Å². The van der Waals surface area contributed by atoms with Crippen molar-refractivity contribution < 1.29 is 14.5 Å². The molecule has 2 aromatic carbocycles. The van der Waals surface area contributed by atoms with Gasteiger partial charge in [-0.2, -0.15) is 0 Å². The molecule has 1 heterocycles. The Morgan fingerprint density at radius 2 is 2.04 bits per heavy atom. The zero-order valence-corrected chi connectivity index (χ0v) is 16.4. The second kappa shape index (κ2) is 8.81. The van der Waals surface area contributed by atoms with E-state index in [0.29, 0.717) is 22.3 Å². The van der Waals surface area contributed by atoms with E-state index in [4.69, 9.17) is 16.3 Å². The molecule has 0 unspecified atom stereocenters. The van der Waals surface area contributed by atoms with Gasteiger partial charge in [0.1, 0.15) is 5.75 Å². The highest BCUT2D eigenvalue weighted by molar-refractivity contribution is 7.15. The molecule has 0 aliphatic rings. The van der Waals surface area contributed by atoms with Gasteiger partial charge in [0, 0.05) is 28.5 Å². The first-order valence-corrected chi connectivity index (χ1v) is 9.48. The maximum Gasteiger partial charge on any atom is 0.269 e. The molecule has 3 aromatic rings. The summed E-state index contributed by atoms with van der Waals surface area (Å²) in [7, 11) is 0. The number of aryl methyl sites for hydroxylation is 1. The number of halogens is 1. The first kappa shape index (κ1) is 19.8. The van der Waals surface area contributed by atoms with Crippen LogP contribution in [0.5, 0.6) is 5.75 Å². The summed E-state index contributed by atoms with van der Waals surface area (Å²) >= 11 is 7.14. The summed E-state index contributed by atoms with van der Waals surface area (Å²) in [5, 5.41) is 14.7. The van der Waals surface area contributed by atoms with Crippen LogP contribution in [0.15, 0.2) is 48.5 Å². The number of nitro groups is 1. The van der Waals surface area contributed by atoms with Gasteiger partial charge in [0.05, 0.1) is 10.6 Å². The lowest BCUT2D eigenvalue weighted by Crippen LogP contribution is -2.20. The van der Waals surface area contributed by atoms with E-state index in [2.05, 4.69) is 10.3 Å². The molecule has 0 bridgehead atoms. The van der Waals surface area contributed by atoms with Gasteiger partial charge in [-0.3, -0.25) is 20.2 Å². The van der Waals surface area contributed by atoms with Crippen molar-refractivity contribution in [1.82, 2.24) is 4.98 Å². The zero-order chi connectivity index (χ0) is 20.1. The molecule has 7 nitrogen and oxygen atoms in total. The van der Waals surface area contributed by atoms with E-state index < -0.39 is 4.92 Å². The SMILES string of the molecule is Cc1nc(NC(=O)COc2ccc(Cl)cc2)sc1Cc1cccc([N+](=O)[O-])c1.